The molecule has 4 saturated carbocycles. The van der Waals surface area contributed by atoms with E-state index >= 15 is 0 Å². The second-order valence-electron chi connectivity index (χ2n) is 8.40. The average Bonchev–Trinajstić information content (AvgIpc) is 2.45. The minimum absolute atomic E-state index is 0.138. The summed E-state index contributed by atoms with van der Waals surface area (Å²) in [6, 6.07) is 10.4. The van der Waals surface area contributed by atoms with Gasteiger partial charge in [0.2, 0.25) is 5.91 Å². The molecule has 0 heterocycles. The van der Waals surface area contributed by atoms with Gasteiger partial charge in [0.15, 0.2) is 0 Å². The second-order valence-corrected chi connectivity index (χ2v) is 8.40. The van der Waals surface area contributed by atoms with Crippen LogP contribution in [0.25, 0.3) is 0 Å². The average molecular weight is 312 g/mol. The van der Waals surface area contributed by atoms with Crippen molar-refractivity contribution in [2.24, 2.45) is 17.8 Å². The van der Waals surface area contributed by atoms with Crippen molar-refractivity contribution in [3.8, 4) is 0 Å². The smallest absolute Gasteiger partial charge is 0.234 e. The van der Waals surface area contributed by atoms with E-state index in [0.29, 0.717) is 6.54 Å². The van der Waals surface area contributed by atoms with E-state index in [-0.39, 0.29) is 11.4 Å². The lowest BCUT2D eigenvalue weighted by molar-refractivity contribution is -0.127. The van der Waals surface area contributed by atoms with Crippen molar-refractivity contribution in [1.29, 1.82) is 0 Å². The number of hydrogen-bond donors (Lipinski definition) is 1. The van der Waals surface area contributed by atoms with Crippen LogP contribution in [0.1, 0.15) is 44.1 Å². The molecule has 0 radical (unpaired) electrons. The zero-order valence-electron chi connectivity index (χ0n) is 14.1. The molecule has 0 aromatic heterocycles. The minimum atomic E-state index is 0.138. The summed E-state index contributed by atoms with van der Waals surface area (Å²) in [6.45, 7) is 1.33. The molecule has 3 heteroatoms. The van der Waals surface area contributed by atoms with Crippen molar-refractivity contribution in [1.82, 2.24) is 10.2 Å². The van der Waals surface area contributed by atoms with E-state index in [0.717, 1.165) is 24.3 Å². The summed E-state index contributed by atoms with van der Waals surface area (Å²) >= 11 is 0. The Hall–Kier alpha value is -1.35. The molecule has 1 amide bonds. The van der Waals surface area contributed by atoms with Gasteiger partial charge in [0.25, 0.3) is 0 Å². The van der Waals surface area contributed by atoms with Crippen molar-refractivity contribution in [3.05, 3.63) is 35.9 Å². The lowest BCUT2D eigenvalue weighted by Crippen LogP contribution is -2.60. The molecule has 1 aromatic rings. The Morgan fingerprint density at radius 2 is 1.65 bits per heavy atom. The largest absolute Gasteiger partial charge is 0.350 e. The Kier molecular flexibility index (Phi) is 3.92. The van der Waals surface area contributed by atoms with Gasteiger partial charge in [-0.2, -0.15) is 0 Å². The number of carbonyl (C=O) groups is 1. The summed E-state index contributed by atoms with van der Waals surface area (Å²) in [4.78, 5) is 14.7. The van der Waals surface area contributed by atoms with E-state index in [1.807, 2.05) is 13.1 Å². The third-order valence-electron chi connectivity index (χ3n) is 6.15. The first-order chi connectivity index (χ1) is 11.1. The number of hydrogen-bond acceptors (Lipinski definition) is 2. The second kappa shape index (κ2) is 5.94. The first-order valence-corrected chi connectivity index (χ1v) is 9.14. The van der Waals surface area contributed by atoms with Gasteiger partial charge in [-0.3, -0.25) is 9.69 Å². The molecule has 1 N–H and O–H groups in total. The standard InChI is InChI=1S/C20H28N2O/c1-22(13-15-5-3-2-4-6-15)14-19(23)21-20-10-16-7-17(11-20)9-18(8-16)12-20/h2-6,16-18H,7-14H2,1H3,(H,21,23). The normalized spacial score (nSPS) is 34.8. The van der Waals surface area contributed by atoms with Crippen LogP contribution < -0.4 is 5.32 Å². The van der Waals surface area contributed by atoms with E-state index in [2.05, 4.69) is 34.5 Å². The van der Waals surface area contributed by atoms with Crippen LogP contribution in [0.4, 0.5) is 0 Å². The van der Waals surface area contributed by atoms with Crippen molar-refractivity contribution >= 4 is 5.91 Å². The lowest BCUT2D eigenvalue weighted by atomic mass is 9.53. The summed E-state index contributed by atoms with van der Waals surface area (Å²) in [6.07, 6.45) is 7.95. The molecule has 124 valence electrons. The molecule has 0 aliphatic heterocycles. The summed E-state index contributed by atoms with van der Waals surface area (Å²) < 4.78 is 0. The molecule has 4 aliphatic rings. The van der Waals surface area contributed by atoms with E-state index < -0.39 is 0 Å². The summed E-state index contributed by atoms with van der Waals surface area (Å²) in [5.41, 5.74) is 1.40. The van der Waals surface area contributed by atoms with Gasteiger partial charge in [-0.05, 0) is 68.9 Å². The van der Waals surface area contributed by atoms with Crippen molar-refractivity contribution in [2.45, 2.75) is 50.6 Å². The van der Waals surface area contributed by atoms with Crippen molar-refractivity contribution < 1.29 is 4.79 Å². The van der Waals surface area contributed by atoms with E-state index in [1.54, 1.807) is 0 Å². The summed E-state index contributed by atoms with van der Waals surface area (Å²) in [5.74, 6) is 2.85. The molecule has 5 rings (SSSR count). The number of amides is 1. The summed E-state index contributed by atoms with van der Waals surface area (Å²) in [5, 5.41) is 3.46. The van der Waals surface area contributed by atoms with Crippen LogP contribution >= 0.6 is 0 Å². The third kappa shape index (κ3) is 3.30. The molecule has 4 aliphatic carbocycles. The van der Waals surface area contributed by atoms with Gasteiger partial charge in [0.05, 0.1) is 6.54 Å². The van der Waals surface area contributed by atoms with Gasteiger partial charge in [0, 0.05) is 12.1 Å². The number of nitrogens with one attached hydrogen (secondary N) is 1. The summed E-state index contributed by atoms with van der Waals surface area (Å²) in [7, 11) is 2.03. The number of likely N-dealkylation sites (N-methyl/N-ethyl adjacent to an activating group) is 1. The third-order valence-corrected chi connectivity index (χ3v) is 6.15. The number of nitrogens with zero attached hydrogens (tertiary/aromatic N) is 1. The molecule has 0 saturated heterocycles. The van der Waals surface area contributed by atoms with E-state index in [4.69, 9.17) is 0 Å². The molecular formula is C20H28N2O. The van der Waals surface area contributed by atoms with Gasteiger partial charge in [0.1, 0.15) is 0 Å². The highest BCUT2D eigenvalue weighted by Gasteiger charge is 2.51. The van der Waals surface area contributed by atoms with Gasteiger partial charge < -0.3 is 5.32 Å². The maximum Gasteiger partial charge on any atom is 0.234 e. The fraction of sp³-hybridized carbons (Fsp3) is 0.650. The van der Waals surface area contributed by atoms with Gasteiger partial charge >= 0.3 is 0 Å². The molecule has 0 spiro atoms. The van der Waals surface area contributed by atoms with E-state index in [1.165, 1.54) is 44.1 Å². The highest BCUT2D eigenvalue weighted by Crippen LogP contribution is 2.55. The van der Waals surface area contributed by atoms with Gasteiger partial charge in [-0.1, -0.05) is 30.3 Å². The maximum atomic E-state index is 12.6. The zero-order valence-corrected chi connectivity index (χ0v) is 14.1. The molecule has 0 unspecified atom stereocenters. The maximum absolute atomic E-state index is 12.6. The Morgan fingerprint density at radius 1 is 1.09 bits per heavy atom. The molecule has 4 fully saturated rings. The predicted octanol–water partition coefficient (Wildman–Crippen LogP) is 3.20. The van der Waals surface area contributed by atoms with Gasteiger partial charge in [-0.25, -0.2) is 0 Å². The van der Waals surface area contributed by atoms with Crippen LogP contribution in [0.2, 0.25) is 0 Å². The van der Waals surface area contributed by atoms with Crippen LogP contribution in [-0.4, -0.2) is 29.9 Å². The minimum Gasteiger partial charge on any atom is -0.350 e. The lowest BCUT2D eigenvalue weighted by Gasteiger charge is -2.57. The fourth-order valence-corrected chi connectivity index (χ4v) is 5.80. The molecular weight excluding hydrogens is 284 g/mol. The number of rotatable bonds is 5. The highest BCUT2D eigenvalue weighted by atomic mass is 16.2. The molecule has 23 heavy (non-hydrogen) atoms. The predicted molar refractivity (Wildman–Crippen MR) is 91.8 cm³/mol. The number of benzene rings is 1. The highest BCUT2D eigenvalue weighted by molar-refractivity contribution is 5.79. The fourth-order valence-electron chi connectivity index (χ4n) is 5.80. The van der Waals surface area contributed by atoms with Gasteiger partial charge in [-0.15, -0.1) is 0 Å². The Bertz CT molecular complexity index is 533. The van der Waals surface area contributed by atoms with Crippen LogP contribution in [0, 0.1) is 17.8 Å². The molecule has 3 nitrogen and oxygen atoms in total. The van der Waals surface area contributed by atoms with Crippen LogP contribution in [0.5, 0.6) is 0 Å². The quantitative estimate of drug-likeness (QED) is 0.905. The molecule has 4 bridgehead atoms. The molecule has 0 atom stereocenters. The SMILES string of the molecule is CN(CC(=O)NC12CC3CC(CC(C3)C1)C2)Cc1ccccc1. The first kappa shape index (κ1) is 15.2. The van der Waals surface area contributed by atoms with Crippen LogP contribution in [0.3, 0.4) is 0 Å². The zero-order chi connectivity index (χ0) is 15.9. The Morgan fingerprint density at radius 3 is 2.22 bits per heavy atom. The van der Waals surface area contributed by atoms with Crippen molar-refractivity contribution in [3.63, 3.8) is 0 Å². The van der Waals surface area contributed by atoms with Crippen molar-refractivity contribution in [2.75, 3.05) is 13.6 Å². The molecule has 1 aromatic carbocycles. The monoisotopic (exact) mass is 312 g/mol. The number of carbonyl (C=O) groups excluding carboxylic acids is 1. The Labute approximate surface area is 139 Å². The first-order valence-electron chi connectivity index (χ1n) is 9.14. The topological polar surface area (TPSA) is 32.3 Å². The van der Waals surface area contributed by atoms with Crippen LogP contribution in [0.15, 0.2) is 30.3 Å². The van der Waals surface area contributed by atoms with Crippen LogP contribution in [-0.2, 0) is 11.3 Å². The van der Waals surface area contributed by atoms with E-state index in [9.17, 15) is 4.79 Å². The Balaban J connectivity index is 1.33.